The largest absolute Gasteiger partial charge is 0.810 e. The van der Waals surface area contributed by atoms with Gasteiger partial charge in [-0.05, 0) is 19.6 Å². The van der Waals surface area contributed by atoms with Gasteiger partial charge in [0.2, 0.25) is 8.32 Å². The molecule has 0 spiro atoms. The topological polar surface area (TPSA) is 89.5 Å². The van der Waals surface area contributed by atoms with Gasteiger partial charge < -0.3 is 18.8 Å². The predicted octanol–water partition coefficient (Wildman–Crippen LogP) is 0.447. The Balaban J connectivity index is 4.50. The maximum atomic E-state index is 11.3. The molecular weight excluding hydrogens is 235 g/mol. The van der Waals surface area contributed by atoms with Crippen LogP contribution in [0.3, 0.4) is 0 Å². The van der Waals surface area contributed by atoms with E-state index in [0.717, 1.165) is 0 Å². The summed E-state index contributed by atoms with van der Waals surface area (Å²) < 4.78 is 15.9. The molecule has 0 aliphatic carbocycles. The molecule has 7 heteroatoms. The molecule has 15 heavy (non-hydrogen) atoms. The van der Waals surface area contributed by atoms with Crippen molar-refractivity contribution in [3.63, 3.8) is 0 Å². The zero-order chi connectivity index (χ0) is 12.5. The third kappa shape index (κ3) is 5.46. The zero-order valence-corrected chi connectivity index (χ0v) is 11.6. The van der Waals surface area contributed by atoms with Crippen LogP contribution in [-0.2, 0) is 13.8 Å². The summed E-state index contributed by atoms with van der Waals surface area (Å²) in [5.41, 5.74) is 0. The van der Waals surface area contributed by atoms with Crippen molar-refractivity contribution in [2.75, 3.05) is 0 Å². The summed E-state index contributed by atoms with van der Waals surface area (Å²) in [6.07, 6.45) is -0.387. The van der Waals surface area contributed by atoms with Crippen molar-refractivity contribution >= 4 is 21.9 Å². The van der Waals surface area contributed by atoms with Crippen molar-refractivity contribution in [2.24, 2.45) is 0 Å². The molecule has 5 nitrogen and oxygen atoms in total. The molecule has 0 amide bonds. The van der Waals surface area contributed by atoms with Crippen LogP contribution in [0.1, 0.15) is 20.3 Å². The van der Waals surface area contributed by atoms with Crippen molar-refractivity contribution < 1.29 is 23.6 Å². The van der Waals surface area contributed by atoms with E-state index < -0.39 is 27.0 Å². The highest BCUT2D eigenvalue weighted by atomic mass is 31.2. The van der Waals surface area contributed by atoms with Crippen LogP contribution in [0.2, 0.25) is 19.6 Å². The molecule has 0 aromatic rings. The van der Waals surface area contributed by atoms with Gasteiger partial charge >= 0.3 is 0 Å². The Kier molecular flexibility index (Phi) is 4.32. The first kappa shape index (κ1) is 14.8. The van der Waals surface area contributed by atoms with Crippen molar-refractivity contribution in [1.82, 2.24) is 0 Å². The number of carbonyl (C=O) groups is 1. The fourth-order valence-electron chi connectivity index (χ4n) is 0.828. The Hall–Kier alpha value is -0.163. The van der Waals surface area contributed by atoms with Crippen LogP contribution >= 0.6 is 7.60 Å². The fraction of sp³-hybridized carbons (Fsp3) is 0.875. The van der Waals surface area contributed by atoms with E-state index in [1.54, 1.807) is 0 Å². The summed E-state index contributed by atoms with van der Waals surface area (Å²) >= 11 is 0. The Labute approximate surface area is 91.1 Å². The van der Waals surface area contributed by atoms with Gasteiger partial charge in [0, 0.05) is 5.16 Å². The van der Waals surface area contributed by atoms with E-state index in [-0.39, 0.29) is 6.42 Å². The first-order chi connectivity index (χ1) is 6.35. The maximum Gasteiger partial charge on any atom is 0.293 e. The van der Waals surface area contributed by atoms with Gasteiger partial charge in [-0.15, -0.1) is 0 Å². The Bertz CT molecular complexity index is 288. The molecule has 0 aliphatic heterocycles. The predicted molar refractivity (Wildman–Crippen MR) is 55.7 cm³/mol. The number of hydrogen-bond acceptors (Lipinski definition) is 5. The van der Waals surface area contributed by atoms with E-state index in [4.69, 9.17) is 4.43 Å². The van der Waals surface area contributed by atoms with Gasteiger partial charge in [0.05, 0.1) is 6.42 Å². The van der Waals surface area contributed by atoms with Crippen LogP contribution in [-0.4, -0.2) is 19.4 Å². The maximum absolute atomic E-state index is 11.3. The molecule has 0 rings (SSSR count). The van der Waals surface area contributed by atoms with Gasteiger partial charge in [-0.2, -0.15) is 0 Å². The average Bonchev–Trinajstić information content (AvgIpc) is 1.75. The molecule has 0 radical (unpaired) electrons. The van der Waals surface area contributed by atoms with Gasteiger partial charge in [-0.25, -0.2) is 0 Å². The van der Waals surface area contributed by atoms with E-state index in [1.807, 2.05) is 19.6 Å². The van der Waals surface area contributed by atoms with Crippen molar-refractivity contribution in [1.29, 1.82) is 0 Å². The minimum Gasteiger partial charge on any atom is -0.810 e. The minimum atomic E-state index is -4.77. The van der Waals surface area contributed by atoms with E-state index in [0.29, 0.717) is 0 Å². The lowest BCUT2D eigenvalue weighted by molar-refractivity contribution is -0.320. The lowest BCUT2D eigenvalue weighted by Crippen LogP contribution is -2.38. The summed E-state index contributed by atoms with van der Waals surface area (Å²) in [5.74, 6) is -0.619. The summed E-state index contributed by atoms with van der Waals surface area (Å²) in [4.78, 5) is 33.0. The summed E-state index contributed by atoms with van der Waals surface area (Å²) in [5, 5.41) is -1.58. The fourth-order valence-corrected chi connectivity index (χ4v) is 1.91. The molecule has 0 aromatic heterocycles. The van der Waals surface area contributed by atoms with E-state index >= 15 is 0 Å². The van der Waals surface area contributed by atoms with Crippen LogP contribution in [0.4, 0.5) is 0 Å². The highest BCUT2D eigenvalue weighted by Gasteiger charge is 2.29. The van der Waals surface area contributed by atoms with Gasteiger partial charge in [0.25, 0.3) is 5.97 Å². The lowest BCUT2D eigenvalue weighted by Gasteiger charge is -2.44. The van der Waals surface area contributed by atoms with Crippen LogP contribution in [0.5, 0.6) is 0 Å². The van der Waals surface area contributed by atoms with Crippen molar-refractivity contribution in [2.45, 2.75) is 45.1 Å². The van der Waals surface area contributed by atoms with Gasteiger partial charge in [0.15, 0.2) is 0 Å². The molecule has 0 fully saturated rings. The number of rotatable bonds is 4. The van der Waals surface area contributed by atoms with E-state index in [2.05, 4.69) is 0 Å². The highest BCUT2D eigenvalue weighted by Crippen LogP contribution is 2.44. The Morgan fingerprint density at radius 1 is 1.33 bits per heavy atom. The second-order valence-corrected chi connectivity index (χ2v) is 11.7. The molecule has 0 heterocycles. The molecule has 0 aliphatic rings. The molecule has 0 aromatic carbocycles. The normalized spacial score (nSPS) is 13.8. The van der Waals surface area contributed by atoms with Gasteiger partial charge in [-0.1, -0.05) is 21.4 Å². The SMILES string of the molecule is CC(C)(CC(=O)O[Si](C)(C)C)P(=O)([O-])[O-]. The molecule has 0 atom stereocenters. The summed E-state index contributed by atoms with van der Waals surface area (Å²) in [6, 6.07) is 0. The highest BCUT2D eigenvalue weighted by molar-refractivity contribution is 7.50. The lowest BCUT2D eigenvalue weighted by atomic mass is 10.1. The molecular formula is C8H17O5PSi-2. The van der Waals surface area contributed by atoms with E-state index in [9.17, 15) is 19.1 Å². The van der Waals surface area contributed by atoms with Crippen LogP contribution in [0.15, 0.2) is 0 Å². The second-order valence-electron chi connectivity index (χ2n) is 5.07. The van der Waals surface area contributed by atoms with E-state index in [1.165, 1.54) is 13.8 Å². The first-order valence-corrected chi connectivity index (χ1v) is 9.54. The Morgan fingerprint density at radius 2 is 1.73 bits per heavy atom. The molecule has 90 valence electrons. The molecule has 0 bridgehead atoms. The van der Waals surface area contributed by atoms with Crippen LogP contribution in [0, 0.1) is 0 Å². The smallest absolute Gasteiger partial charge is 0.293 e. The quantitative estimate of drug-likeness (QED) is 0.535. The monoisotopic (exact) mass is 252 g/mol. The zero-order valence-electron chi connectivity index (χ0n) is 9.70. The number of hydrogen-bond donors (Lipinski definition) is 0. The van der Waals surface area contributed by atoms with Gasteiger partial charge in [0.1, 0.15) is 0 Å². The second kappa shape index (κ2) is 4.37. The standard InChI is InChI=1S/C8H19O5PSi/c1-8(2,14(10,11)12)6-7(9)13-15(3,4)5/h6H2,1-5H3,(H2,10,11,12)/p-2. The molecule has 0 saturated carbocycles. The average molecular weight is 252 g/mol. The Morgan fingerprint density at radius 3 is 2.00 bits per heavy atom. The summed E-state index contributed by atoms with van der Waals surface area (Å²) in [7, 11) is -6.80. The third-order valence-electron chi connectivity index (χ3n) is 1.74. The minimum absolute atomic E-state index is 0.387. The van der Waals surface area contributed by atoms with Crippen molar-refractivity contribution in [3.05, 3.63) is 0 Å². The van der Waals surface area contributed by atoms with Crippen LogP contribution in [0.25, 0.3) is 0 Å². The summed E-state index contributed by atoms with van der Waals surface area (Å²) in [6.45, 7) is 7.90. The number of carbonyl (C=O) groups excluding carboxylic acids is 1. The molecule has 0 unspecified atom stereocenters. The third-order valence-corrected chi connectivity index (χ3v) is 4.22. The first-order valence-electron chi connectivity index (χ1n) is 4.59. The van der Waals surface area contributed by atoms with Gasteiger partial charge in [-0.3, -0.25) is 4.79 Å². The molecule has 0 N–H and O–H groups in total. The van der Waals surface area contributed by atoms with Crippen LogP contribution < -0.4 is 9.79 Å². The van der Waals surface area contributed by atoms with Crippen molar-refractivity contribution in [3.8, 4) is 0 Å². The molecule has 0 saturated heterocycles.